The maximum atomic E-state index is 11.9. The van der Waals surface area contributed by atoms with Gasteiger partial charge in [0.15, 0.2) is 17.0 Å². The van der Waals surface area contributed by atoms with Gasteiger partial charge in [-0.05, 0) is 26.2 Å². The fourth-order valence-corrected chi connectivity index (χ4v) is 3.96. The summed E-state index contributed by atoms with van der Waals surface area (Å²) in [4.78, 5) is 34.5. The van der Waals surface area contributed by atoms with Crippen LogP contribution in [0.25, 0.3) is 22.6 Å². The Morgan fingerprint density at radius 2 is 1.97 bits per heavy atom. The zero-order chi connectivity index (χ0) is 20.4. The van der Waals surface area contributed by atoms with Crippen LogP contribution in [0.3, 0.4) is 0 Å². The molecule has 3 aromatic rings. The zero-order valence-electron chi connectivity index (χ0n) is 17.0. The summed E-state index contributed by atoms with van der Waals surface area (Å²) in [5, 5.41) is 6.23. The lowest BCUT2D eigenvalue weighted by atomic mass is 10.1. The van der Waals surface area contributed by atoms with E-state index in [1.807, 2.05) is 19.3 Å². The second-order valence-electron chi connectivity index (χ2n) is 7.28. The average molecular weight is 394 g/mol. The summed E-state index contributed by atoms with van der Waals surface area (Å²) in [5.74, 6) is 2.45. The molecule has 0 radical (unpaired) electrons. The quantitative estimate of drug-likeness (QED) is 0.659. The molecule has 0 aliphatic heterocycles. The Kier molecular flexibility index (Phi) is 5.37. The van der Waals surface area contributed by atoms with Crippen molar-refractivity contribution in [3.8, 4) is 11.4 Å². The molecule has 0 spiro atoms. The lowest BCUT2D eigenvalue weighted by molar-refractivity contribution is -0.124. The molecular formula is C20H26N8O. The van der Waals surface area contributed by atoms with Crippen LogP contribution >= 0.6 is 0 Å². The van der Waals surface area contributed by atoms with Gasteiger partial charge >= 0.3 is 0 Å². The van der Waals surface area contributed by atoms with Crippen LogP contribution in [0.4, 0.5) is 5.82 Å². The summed E-state index contributed by atoms with van der Waals surface area (Å²) in [6.07, 6.45) is 8.57. The maximum Gasteiger partial charge on any atom is 0.222 e. The molecule has 0 saturated heterocycles. The number of anilines is 1. The van der Waals surface area contributed by atoms with Gasteiger partial charge in [0.05, 0.1) is 5.56 Å². The smallest absolute Gasteiger partial charge is 0.222 e. The number of nitrogens with one attached hydrogen (secondary N) is 2. The van der Waals surface area contributed by atoms with Crippen molar-refractivity contribution < 1.29 is 4.79 Å². The Morgan fingerprint density at radius 3 is 2.66 bits per heavy atom. The zero-order valence-corrected chi connectivity index (χ0v) is 17.0. The molecule has 9 heteroatoms. The Hall–Kier alpha value is -3.10. The van der Waals surface area contributed by atoms with Gasteiger partial charge in [-0.3, -0.25) is 4.79 Å². The molecule has 9 nitrogen and oxygen atoms in total. The third kappa shape index (κ3) is 3.64. The Bertz CT molecular complexity index is 1010. The van der Waals surface area contributed by atoms with Crippen LogP contribution in [0.2, 0.25) is 0 Å². The number of carbonyl (C=O) groups is 1. The molecule has 152 valence electrons. The summed E-state index contributed by atoms with van der Waals surface area (Å²) in [6, 6.07) is 0.192. The van der Waals surface area contributed by atoms with Crippen molar-refractivity contribution in [2.75, 3.05) is 12.4 Å². The van der Waals surface area contributed by atoms with Crippen LogP contribution in [0.1, 0.15) is 38.9 Å². The first-order valence-corrected chi connectivity index (χ1v) is 10.1. The van der Waals surface area contributed by atoms with Crippen LogP contribution in [0, 0.1) is 5.92 Å². The molecule has 0 aromatic carbocycles. The van der Waals surface area contributed by atoms with Gasteiger partial charge < -0.3 is 15.2 Å². The van der Waals surface area contributed by atoms with E-state index < -0.39 is 0 Å². The third-order valence-electron chi connectivity index (χ3n) is 5.52. The molecule has 3 aromatic heterocycles. The van der Waals surface area contributed by atoms with Gasteiger partial charge in [-0.2, -0.15) is 0 Å². The minimum absolute atomic E-state index is 0.0489. The Morgan fingerprint density at radius 1 is 1.17 bits per heavy atom. The van der Waals surface area contributed by atoms with Crippen LogP contribution in [-0.4, -0.2) is 48.5 Å². The monoisotopic (exact) mass is 394 g/mol. The van der Waals surface area contributed by atoms with Crippen LogP contribution in [0.15, 0.2) is 18.7 Å². The molecule has 1 amide bonds. The van der Waals surface area contributed by atoms with Crippen molar-refractivity contribution in [2.24, 2.45) is 5.92 Å². The van der Waals surface area contributed by atoms with E-state index in [4.69, 9.17) is 4.98 Å². The van der Waals surface area contributed by atoms with Gasteiger partial charge in [0.1, 0.15) is 18.0 Å². The molecular weight excluding hydrogens is 368 g/mol. The van der Waals surface area contributed by atoms with Crippen LogP contribution in [-0.2, 0) is 17.8 Å². The molecule has 1 aliphatic carbocycles. The number of nitrogens with zero attached hydrogens (tertiary/aromatic N) is 6. The van der Waals surface area contributed by atoms with Gasteiger partial charge in [0, 0.05) is 44.4 Å². The number of aromatic nitrogens is 6. The van der Waals surface area contributed by atoms with E-state index in [0.29, 0.717) is 5.82 Å². The normalized spacial score (nSPS) is 18.9. The lowest BCUT2D eigenvalue weighted by Crippen LogP contribution is -2.27. The van der Waals surface area contributed by atoms with Gasteiger partial charge in [-0.25, -0.2) is 24.9 Å². The summed E-state index contributed by atoms with van der Waals surface area (Å²) in [5.41, 5.74) is 2.36. The second kappa shape index (κ2) is 8.10. The largest absolute Gasteiger partial charge is 0.365 e. The fourth-order valence-electron chi connectivity index (χ4n) is 3.96. The first kappa shape index (κ1) is 19.2. The highest BCUT2D eigenvalue weighted by Crippen LogP contribution is 2.31. The number of carbonyl (C=O) groups excluding carboxylic acids is 1. The van der Waals surface area contributed by atoms with Crippen molar-refractivity contribution in [3.05, 3.63) is 24.5 Å². The molecule has 4 rings (SSSR count). The van der Waals surface area contributed by atoms with E-state index in [2.05, 4.69) is 42.1 Å². The van der Waals surface area contributed by atoms with E-state index in [1.165, 1.54) is 0 Å². The molecule has 1 fully saturated rings. The van der Waals surface area contributed by atoms with Crippen molar-refractivity contribution in [1.29, 1.82) is 0 Å². The Balaban J connectivity index is 1.66. The first-order valence-electron chi connectivity index (χ1n) is 10.1. The summed E-state index contributed by atoms with van der Waals surface area (Å²) in [6.45, 7) is 4.81. The van der Waals surface area contributed by atoms with Crippen LogP contribution in [0.5, 0.6) is 0 Å². The molecule has 2 N–H and O–H groups in total. The predicted octanol–water partition coefficient (Wildman–Crippen LogP) is 2.19. The number of hydrogen-bond donors (Lipinski definition) is 2. The molecule has 0 unspecified atom stereocenters. The third-order valence-corrected chi connectivity index (χ3v) is 5.52. The van der Waals surface area contributed by atoms with E-state index in [1.54, 1.807) is 13.4 Å². The average Bonchev–Trinajstić information content (AvgIpc) is 3.38. The molecule has 29 heavy (non-hydrogen) atoms. The number of hydrogen-bond acceptors (Lipinski definition) is 7. The highest BCUT2D eigenvalue weighted by Gasteiger charge is 2.30. The highest BCUT2D eigenvalue weighted by atomic mass is 16.1. The second-order valence-corrected chi connectivity index (χ2v) is 7.28. The van der Waals surface area contributed by atoms with Crippen LogP contribution < -0.4 is 10.6 Å². The number of rotatable bonds is 6. The molecule has 1 aliphatic rings. The van der Waals surface area contributed by atoms with Gasteiger partial charge in [-0.1, -0.05) is 6.92 Å². The Labute approximate surface area is 169 Å². The number of amides is 1. The van der Waals surface area contributed by atoms with Gasteiger partial charge in [-0.15, -0.1) is 0 Å². The van der Waals surface area contributed by atoms with E-state index >= 15 is 0 Å². The van der Waals surface area contributed by atoms with Crippen molar-refractivity contribution >= 4 is 22.9 Å². The number of fused-ring (bicyclic) bond motifs is 1. The summed E-state index contributed by atoms with van der Waals surface area (Å²) < 4.78 is 2.05. The van der Waals surface area contributed by atoms with E-state index in [9.17, 15) is 4.79 Å². The van der Waals surface area contributed by atoms with Crippen molar-refractivity contribution in [1.82, 2.24) is 34.8 Å². The standard InChI is InChI=1S/C20H26N8O/c1-4-15-22-9-13(10-23-15)18-27-16-17(24-11-25-19(16)28(18)5-2)26-14-7-6-12(8-14)20(29)21-3/h9-12,14H,4-8H2,1-3H3,(H,21,29)(H,24,25,26)/t12-,14+/m1/s1. The van der Waals surface area contributed by atoms with Gasteiger partial charge in [0.2, 0.25) is 5.91 Å². The maximum absolute atomic E-state index is 11.9. The minimum atomic E-state index is 0.0489. The molecule has 3 heterocycles. The molecule has 2 atom stereocenters. The van der Waals surface area contributed by atoms with Crippen molar-refractivity contribution in [3.63, 3.8) is 0 Å². The predicted molar refractivity (Wildman–Crippen MR) is 110 cm³/mol. The minimum Gasteiger partial charge on any atom is -0.365 e. The number of imidazole rings is 1. The lowest BCUT2D eigenvalue weighted by Gasteiger charge is -2.13. The molecule has 1 saturated carbocycles. The number of aryl methyl sites for hydroxylation is 2. The van der Waals surface area contributed by atoms with Crippen molar-refractivity contribution in [2.45, 2.75) is 52.1 Å². The fraction of sp³-hybridized carbons (Fsp3) is 0.500. The molecule has 0 bridgehead atoms. The summed E-state index contributed by atoms with van der Waals surface area (Å²) in [7, 11) is 1.69. The first-order chi connectivity index (χ1) is 14.1. The van der Waals surface area contributed by atoms with E-state index in [0.717, 1.165) is 60.6 Å². The summed E-state index contributed by atoms with van der Waals surface area (Å²) >= 11 is 0. The SMILES string of the molecule is CCc1ncc(-c2nc3c(N[C@H]4CC[C@@H](C(=O)NC)C4)ncnc3n2CC)cn1. The van der Waals surface area contributed by atoms with Gasteiger partial charge in [0.25, 0.3) is 0 Å². The topological polar surface area (TPSA) is 111 Å². The highest BCUT2D eigenvalue weighted by molar-refractivity contribution is 5.86. The van der Waals surface area contributed by atoms with E-state index in [-0.39, 0.29) is 17.9 Å².